The first-order valence-electron chi connectivity index (χ1n) is 3.82. The normalized spacial score (nSPS) is 41.9. The van der Waals surface area contributed by atoms with Gasteiger partial charge < -0.3 is 0 Å². The van der Waals surface area contributed by atoms with Gasteiger partial charge >= 0.3 is 0 Å². The molecule has 0 radical (unpaired) electrons. The van der Waals surface area contributed by atoms with Gasteiger partial charge in [-0.2, -0.15) is 0 Å². The van der Waals surface area contributed by atoms with Crippen LogP contribution in [0, 0.1) is 11.3 Å². The SMILES string of the molecule is O=C(CBr)CC12CC(C1)C2. The van der Waals surface area contributed by atoms with Gasteiger partial charge in [-0.3, -0.25) is 4.79 Å². The molecule has 0 spiro atoms. The molecule has 0 heterocycles. The number of halogens is 1. The van der Waals surface area contributed by atoms with E-state index in [0.29, 0.717) is 16.5 Å². The Morgan fingerprint density at radius 2 is 2.10 bits per heavy atom. The first-order valence-corrected chi connectivity index (χ1v) is 4.94. The number of alkyl halides is 1. The van der Waals surface area contributed by atoms with E-state index in [4.69, 9.17) is 0 Å². The minimum absolute atomic E-state index is 0.387. The summed E-state index contributed by atoms with van der Waals surface area (Å²) in [6.45, 7) is 0. The van der Waals surface area contributed by atoms with Crippen LogP contribution in [0.15, 0.2) is 0 Å². The van der Waals surface area contributed by atoms with E-state index in [1.807, 2.05) is 0 Å². The van der Waals surface area contributed by atoms with Crippen LogP contribution >= 0.6 is 15.9 Å². The lowest BCUT2D eigenvalue weighted by atomic mass is 9.43. The van der Waals surface area contributed by atoms with Crippen LogP contribution in [-0.4, -0.2) is 11.1 Å². The molecule has 3 aliphatic carbocycles. The summed E-state index contributed by atoms with van der Waals surface area (Å²) in [6, 6.07) is 0. The Morgan fingerprint density at radius 1 is 1.50 bits per heavy atom. The van der Waals surface area contributed by atoms with E-state index in [1.54, 1.807) is 0 Å². The molecule has 0 aromatic rings. The Hall–Kier alpha value is 0.150. The number of hydrogen-bond donors (Lipinski definition) is 0. The largest absolute Gasteiger partial charge is 0.299 e. The van der Waals surface area contributed by atoms with Gasteiger partial charge in [0.1, 0.15) is 5.78 Å². The summed E-state index contributed by atoms with van der Waals surface area (Å²) >= 11 is 3.19. The van der Waals surface area contributed by atoms with E-state index in [1.165, 1.54) is 19.3 Å². The maximum atomic E-state index is 11.0. The van der Waals surface area contributed by atoms with Gasteiger partial charge in [0.15, 0.2) is 0 Å². The molecule has 0 aromatic carbocycles. The molecule has 0 saturated heterocycles. The van der Waals surface area contributed by atoms with E-state index in [2.05, 4.69) is 15.9 Å². The monoisotopic (exact) mass is 202 g/mol. The Kier molecular flexibility index (Phi) is 1.41. The first-order chi connectivity index (χ1) is 4.74. The predicted octanol–water partition coefficient (Wildman–Crippen LogP) is 2.14. The van der Waals surface area contributed by atoms with Gasteiger partial charge in [0.25, 0.3) is 0 Å². The van der Waals surface area contributed by atoms with Crippen LogP contribution in [0.2, 0.25) is 0 Å². The molecule has 1 nitrogen and oxygen atoms in total. The van der Waals surface area contributed by atoms with Crippen LogP contribution in [0.4, 0.5) is 0 Å². The molecule has 3 rings (SSSR count). The summed E-state index contributed by atoms with van der Waals surface area (Å²) in [7, 11) is 0. The lowest BCUT2D eigenvalue weighted by Gasteiger charge is -2.61. The maximum Gasteiger partial charge on any atom is 0.143 e. The molecular formula is C8H11BrO. The van der Waals surface area contributed by atoms with Crippen molar-refractivity contribution in [2.75, 3.05) is 5.33 Å². The third kappa shape index (κ3) is 0.849. The maximum absolute atomic E-state index is 11.0. The smallest absolute Gasteiger partial charge is 0.143 e. The minimum atomic E-state index is 0.387. The molecule has 3 saturated carbocycles. The highest BCUT2D eigenvalue weighted by Gasteiger charge is 2.56. The summed E-state index contributed by atoms with van der Waals surface area (Å²) in [6.07, 6.45) is 4.86. The summed E-state index contributed by atoms with van der Waals surface area (Å²) in [4.78, 5) is 11.0. The first kappa shape index (κ1) is 6.84. The molecule has 2 heteroatoms. The van der Waals surface area contributed by atoms with Gasteiger partial charge in [-0.05, 0) is 30.6 Å². The molecule has 0 atom stereocenters. The average molecular weight is 203 g/mol. The Bertz CT molecular complexity index is 159. The highest BCUT2D eigenvalue weighted by atomic mass is 79.9. The van der Waals surface area contributed by atoms with Gasteiger partial charge in [0.2, 0.25) is 0 Å². The lowest BCUT2D eigenvalue weighted by Crippen LogP contribution is -2.52. The topological polar surface area (TPSA) is 17.1 Å². The van der Waals surface area contributed by atoms with Crippen molar-refractivity contribution in [2.45, 2.75) is 25.7 Å². The second-order valence-corrected chi connectivity index (χ2v) is 4.39. The Balaban J connectivity index is 1.84. The van der Waals surface area contributed by atoms with Crippen LogP contribution in [0.1, 0.15) is 25.7 Å². The summed E-state index contributed by atoms with van der Waals surface area (Å²) in [5, 5.41) is 0.555. The van der Waals surface area contributed by atoms with E-state index in [-0.39, 0.29) is 0 Å². The number of carbonyl (C=O) groups is 1. The van der Waals surface area contributed by atoms with Crippen molar-refractivity contribution in [3.63, 3.8) is 0 Å². The zero-order valence-electron chi connectivity index (χ0n) is 5.90. The van der Waals surface area contributed by atoms with E-state index < -0.39 is 0 Å². The Morgan fingerprint density at radius 3 is 2.40 bits per heavy atom. The lowest BCUT2D eigenvalue weighted by molar-refractivity contribution is -0.140. The zero-order valence-corrected chi connectivity index (χ0v) is 7.49. The van der Waals surface area contributed by atoms with Gasteiger partial charge in [-0.25, -0.2) is 0 Å². The molecule has 2 bridgehead atoms. The van der Waals surface area contributed by atoms with Crippen LogP contribution in [0.3, 0.4) is 0 Å². The third-order valence-corrected chi connectivity index (χ3v) is 3.51. The van der Waals surface area contributed by atoms with Gasteiger partial charge in [-0.15, -0.1) is 0 Å². The average Bonchev–Trinajstić information content (AvgIpc) is 1.75. The van der Waals surface area contributed by atoms with Gasteiger partial charge in [0, 0.05) is 6.42 Å². The molecule has 3 fully saturated rings. The Labute approximate surface area is 69.3 Å². The molecule has 56 valence electrons. The van der Waals surface area contributed by atoms with Gasteiger partial charge in [0.05, 0.1) is 5.33 Å². The van der Waals surface area contributed by atoms with Crippen molar-refractivity contribution in [3.8, 4) is 0 Å². The highest BCUT2D eigenvalue weighted by Crippen LogP contribution is 2.66. The fourth-order valence-electron chi connectivity index (χ4n) is 2.34. The van der Waals surface area contributed by atoms with Crippen LogP contribution in [0.5, 0.6) is 0 Å². The molecule has 0 aliphatic heterocycles. The number of hydrogen-bond acceptors (Lipinski definition) is 1. The molecular weight excluding hydrogens is 192 g/mol. The third-order valence-electron chi connectivity index (χ3n) is 2.89. The number of ketones is 1. The summed E-state index contributed by atoms with van der Waals surface area (Å²) in [5.74, 6) is 1.39. The highest BCUT2D eigenvalue weighted by molar-refractivity contribution is 9.09. The summed E-state index contributed by atoms with van der Waals surface area (Å²) < 4.78 is 0. The van der Waals surface area contributed by atoms with Crippen molar-refractivity contribution in [2.24, 2.45) is 11.3 Å². The van der Waals surface area contributed by atoms with Crippen LogP contribution < -0.4 is 0 Å². The van der Waals surface area contributed by atoms with Crippen molar-refractivity contribution in [3.05, 3.63) is 0 Å². The second kappa shape index (κ2) is 2.07. The van der Waals surface area contributed by atoms with Crippen LogP contribution in [-0.2, 0) is 4.79 Å². The van der Waals surface area contributed by atoms with Crippen LogP contribution in [0.25, 0.3) is 0 Å². The van der Waals surface area contributed by atoms with Crippen molar-refractivity contribution in [1.29, 1.82) is 0 Å². The fraction of sp³-hybridized carbons (Fsp3) is 0.875. The van der Waals surface area contributed by atoms with E-state index >= 15 is 0 Å². The van der Waals surface area contributed by atoms with E-state index in [0.717, 1.165) is 12.3 Å². The molecule has 3 aliphatic rings. The molecule has 10 heavy (non-hydrogen) atoms. The van der Waals surface area contributed by atoms with E-state index in [9.17, 15) is 4.79 Å². The summed E-state index contributed by atoms with van der Waals surface area (Å²) in [5.41, 5.74) is 0.509. The number of carbonyl (C=O) groups excluding carboxylic acids is 1. The van der Waals surface area contributed by atoms with Crippen molar-refractivity contribution in [1.82, 2.24) is 0 Å². The number of rotatable bonds is 3. The standard InChI is InChI=1S/C8H11BrO/c9-5-7(10)4-8-1-6(2-8)3-8/h6H,1-5H2. The quantitative estimate of drug-likeness (QED) is 0.642. The van der Waals surface area contributed by atoms with Gasteiger partial charge in [-0.1, -0.05) is 15.9 Å². The predicted molar refractivity (Wildman–Crippen MR) is 43.2 cm³/mol. The fourth-order valence-corrected chi connectivity index (χ4v) is 2.54. The molecule has 0 amide bonds. The zero-order chi connectivity index (χ0) is 7.19. The number of Topliss-reactive ketones (excluding diaryl/α,β-unsaturated/α-hetero) is 1. The second-order valence-electron chi connectivity index (χ2n) is 3.83. The molecule has 0 aromatic heterocycles. The van der Waals surface area contributed by atoms with Crippen molar-refractivity contribution >= 4 is 21.7 Å². The minimum Gasteiger partial charge on any atom is -0.299 e. The molecule has 0 unspecified atom stereocenters. The van der Waals surface area contributed by atoms with Crippen molar-refractivity contribution < 1.29 is 4.79 Å². The molecule has 0 N–H and O–H groups in total.